The lowest BCUT2D eigenvalue weighted by Crippen LogP contribution is -2.19. The van der Waals surface area contributed by atoms with E-state index in [9.17, 15) is 9.59 Å². The van der Waals surface area contributed by atoms with Gasteiger partial charge in [0, 0.05) is 6.08 Å². The molecule has 4 aromatic rings. The largest absolute Gasteiger partial charge is 0.462 e. The van der Waals surface area contributed by atoms with Crippen LogP contribution >= 0.6 is 34.9 Å². The molecule has 0 saturated carbocycles. The van der Waals surface area contributed by atoms with Gasteiger partial charge in [0.1, 0.15) is 5.76 Å². The molecular weight excluding hydrogens is 490 g/mol. The number of hydrogen-bond donors (Lipinski definition) is 1. The highest BCUT2D eigenvalue weighted by molar-refractivity contribution is 8.18. The number of nitrogens with one attached hydrogen (secondary N) is 1. The van der Waals surface area contributed by atoms with Crippen molar-refractivity contribution < 1.29 is 18.7 Å². The van der Waals surface area contributed by atoms with Gasteiger partial charge in [0.2, 0.25) is 0 Å². The van der Waals surface area contributed by atoms with Gasteiger partial charge in [-0.05, 0) is 79.0 Å². The van der Waals surface area contributed by atoms with Crippen LogP contribution in [0.1, 0.15) is 23.0 Å². The van der Waals surface area contributed by atoms with Crippen LogP contribution in [0.4, 0.5) is 5.69 Å². The SMILES string of the molecule is CCOC(=O)c1ccc(N=C2NC(=O)/C(=C/c3ccc(Sc4nc5ccccc5s4)o3)S2)cc1. The van der Waals surface area contributed by atoms with Gasteiger partial charge in [0.25, 0.3) is 5.91 Å². The second-order valence-corrected chi connectivity index (χ2v) is 10.3. The van der Waals surface area contributed by atoms with E-state index in [4.69, 9.17) is 9.15 Å². The Morgan fingerprint density at radius 3 is 2.79 bits per heavy atom. The molecule has 1 aliphatic rings. The number of hydrogen-bond acceptors (Lipinski definition) is 9. The van der Waals surface area contributed by atoms with Crippen LogP contribution < -0.4 is 5.32 Å². The number of carbonyl (C=O) groups is 2. The van der Waals surface area contributed by atoms with Gasteiger partial charge in [-0.1, -0.05) is 12.1 Å². The number of amidine groups is 1. The highest BCUT2D eigenvalue weighted by atomic mass is 32.2. The van der Waals surface area contributed by atoms with Crippen molar-refractivity contribution >= 4 is 73.9 Å². The van der Waals surface area contributed by atoms with Crippen molar-refractivity contribution in [3.63, 3.8) is 0 Å². The summed E-state index contributed by atoms with van der Waals surface area (Å²) in [4.78, 5) is 33.7. The molecule has 2 aromatic heterocycles. The van der Waals surface area contributed by atoms with Crippen LogP contribution in [0.15, 0.2) is 84.4 Å². The van der Waals surface area contributed by atoms with Gasteiger partial charge in [0.15, 0.2) is 14.6 Å². The molecule has 34 heavy (non-hydrogen) atoms. The lowest BCUT2D eigenvalue weighted by atomic mass is 10.2. The number of nitrogens with zero attached hydrogens (tertiary/aromatic N) is 2. The Hall–Kier alpha value is -3.34. The second kappa shape index (κ2) is 9.88. The third-order valence-corrected chi connectivity index (χ3v) is 7.53. The summed E-state index contributed by atoms with van der Waals surface area (Å²) in [6.45, 7) is 2.08. The van der Waals surface area contributed by atoms with Crippen molar-refractivity contribution in [2.24, 2.45) is 4.99 Å². The Balaban J connectivity index is 1.26. The monoisotopic (exact) mass is 507 g/mol. The highest BCUT2D eigenvalue weighted by Crippen LogP contribution is 2.36. The minimum Gasteiger partial charge on any atom is -0.462 e. The number of aliphatic imine (C=N–C) groups is 1. The lowest BCUT2D eigenvalue weighted by Gasteiger charge is -2.02. The molecular formula is C24H17N3O4S3. The third kappa shape index (κ3) is 5.09. The predicted octanol–water partition coefficient (Wildman–Crippen LogP) is 6.11. The fourth-order valence-electron chi connectivity index (χ4n) is 3.06. The van der Waals surface area contributed by atoms with E-state index in [-0.39, 0.29) is 11.9 Å². The number of fused-ring (bicyclic) bond motifs is 1. The summed E-state index contributed by atoms with van der Waals surface area (Å²) in [5.74, 6) is -0.0560. The maximum atomic E-state index is 12.4. The molecule has 1 aliphatic heterocycles. The second-order valence-electron chi connectivity index (χ2n) is 6.96. The summed E-state index contributed by atoms with van der Waals surface area (Å²) in [5, 5.41) is 3.90. The Labute approximate surface area is 207 Å². The number of carbonyl (C=O) groups excluding carboxylic acids is 2. The molecule has 0 unspecified atom stereocenters. The number of esters is 1. The fraction of sp³-hybridized carbons (Fsp3) is 0.0833. The molecule has 10 heteroatoms. The first-order chi connectivity index (χ1) is 16.6. The van der Waals surface area contributed by atoms with Gasteiger partial charge in [-0.3, -0.25) is 4.79 Å². The maximum absolute atomic E-state index is 12.4. The molecule has 7 nitrogen and oxygen atoms in total. The summed E-state index contributed by atoms with van der Waals surface area (Å²) in [6, 6.07) is 18.3. The van der Waals surface area contributed by atoms with Gasteiger partial charge in [0.05, 0.1) is 33.0 Å². The summed E-state index contributed by atoms with van der Waals surface area (Å²) >= 11 is 4.28. The Bertz CT molecular complexity index is 1400. The highest BCUT2D eigenvalue weighted by Gasteiger charge is 2.24. The van der Waals surface area contributed by atoms with Crippen LogP contribution in [-0.4, -0.2) is 28.6 Å². The zero-order chi connectivity index (χ0) is 23.5. The number of ether oxygens (including phenoxy) is 1. The minimum absolute atomic E-state index is 0.247. The van der Waals surface area contributed by atoms with Crippen molar-refractivity contribution in [3.05, 3.63) is 76.9 Å². The van der Waals surface area contributed by atoms with E-state index < -0.39 is 0 Å². The molecule has 170 valence electrons. The van der Waals surface area contributed by atoms with E-state index in [1.54, 1.807) is 48.6 Å². The molecule has 1 saturated heterocycles. The summed E-state index contributed by atoms with van der Waals surface area (Å²) in [7, 11) is 0. The van der Waals surface area contributed by atoms with Crippen LogP contribution in [0, 0.1) is 0 Å². The van der Waals surface area contributed by atoms with Crippen molar-refractivity contribution in [2.45, 2.75) is 16.4 Å². The minimum atomic E-state index is -0.380. The van der Waals surface area contributed by atoms with Gasteiger partial charge in [-0.15, -0.1) is 11.3 Å². The topological polar surface area (TPSA) is 93.8 Å². The molecule has 0 spiro atoms. The van der Waals surface area contributed by atoms with Crippen LogP contribution in [0.25, 0.3) is 16.3 Å². The van der Waals surface area contributed by atoms with Crippen molar-refractivity contribution in [1.29, 1.82) is 0 Å². The first-order valence-electron chi connectivity index (χ1n) is 10.3. The van der Waals surface area contributed by atoms with E-state index in [0.717, 1.165) is 14.6 Å². The van der Waals surface area contributed by atoms with Gasteiger partial charge >= 0.3 is 5.97 Å². The average molecular weight is 508 g/mol. The molecule has 0 bridgehead atoms. The van der Waals surface area contributed by atoms with Crippen LogP contribution in [0.2, 0.25) is 0 Å². The quantitative estimate of drug-likeness (QED) is 0.249. The maximum Gasteiger partial charge on any atom is 0.338 e. The zero-order valence-corrected chi connectivity index (χ0v) is 20.3. The van der Waals surface area contributed by atoms with Crippen LogP contribution in [-0.2, 0) is 9.53 Å². The van der Waals surface area contributed by atoms with E-state index in [0.29, 0.717) is 38.8 Å². The first kappa shape index (κ1) is 22.5. The molecule has 0 radical (unpaired) electrons. The summed E-state index contributed by atoms with van der Waals surface area (Å²) in [6.07, 6.45) is 1.69. The van der Waals surface area contributed by atoms with E-state index in [2.05, 4.69) is 15.3 Å². The number of para-hydroxylation sites is 1. The van der Waals surface area contributed by atoms with E-state index in [1.807, 2.05) is 36.4 Å². The molecule has 0 aliphatic carbocycles. The standard InChI is InChI=1S/C24H17N3O4S3/c1-2-30-22(29)14-7-9-15(10-8-14)25-23-27-21(28)19(32-23)13-16-11-12-20(31-16)34-24-26-17-5-3-4-6-18(17)33-24/h3-13H,2H2,1H3,(H,25,27,28)/b19-13-. The number of aromatic nitrogens is 1. The molecule has 1 N–H and O–H groups in total. The molecule has 3 heterocycles. The summed E-state index contributed by atoms with van der Waals surface area (Å²) < 4.78 is 12.9. The third-order valence-electron chi connectivity index (χ3n) is 4.60. The van der Waals surface area contributed by atoms with Gasteiger partial charge < -0.3 is 14.5 Å². The molecule has 0 atom stereocenters. The summed E-state index contributed by atoms with van der Waals surface area (Å²) in [5.41, 5.74) is 2.03. The molecule has 1 fully saturated rings. The van der Waals surface area contributed by atoms with E-state index in [1.165, 1.54) is 23.5 Å². The van der Waals surface area contributed by atoms with Gasteiger partial charge in [-0.25, -0.2) is 14.8 Å². The van der Waals surface area contributed by atoms with Crippen LogP contribution in [0.3, 0.4) is 0 Å². The van der Waals surface area contributed by atoms with Crippen molar-refractivity contribution in [1.82, 2.24) is 10.3 Å². The average Bonchev–Trinajstić information content (AvgIpc) is 3.53. The molecule has 2 aromatic carbocycles. The van der Waals surface area contributed by atoms with Crippen LogP contribution in [0.5, 0.6) is 0 Å². The number of benzene rings is 2. The van der Waals surface area contributed by atoms with Gasteiger partial charge in [-0.2, -0.15) is 0 Å². The normalized spacial score (nSPS) is 15.9. The Morgan fingerprint density at radius 1 is 1.18 bits per heavy atom. The number of thiazole rings is 1. The lowest BCUT2D eigenvalue weighted by molar-refractivity contribution is -0.115. The Morgan fingerprint density at radius 2 is 2.00 bits per heavy atom. The Kier molecular flexibility index (Phi) is 6.52. The van der Waals surface area contributed by atoms with Crippen molar-refractivity contribution in [3.8, 4) is 0 Å². The predicted molar refractivity (Wildman–Crippen MR) is 136 cm³/mol. The first-order valence-corrected chi connectivity index (χ1v) is 12.7. The molecule has 1 amide bonds. The molecule has 5 rings (SSSR count). The van der Waals surface area contributed by atoms with Crippen molar-refractivity contribution in [2.75, 3.05) is 6.61 Å². The number of thioether (sulfide) groups is 1. The smallest absolute Gasteiger partial charge is 0.338 e. The fourth-order valence-corrected chi connectivity index (χ4v) is 5.85. The zero-order valence-electron chi connectivity index (χ0n) is 17.8. The number of amides is 1. The number of rotatable bonds is 6. The van der Waals surface area contributed by atoms with E-state index >= 15 is 0 Å². The number of furan rings is 1.